The van der Waals surface area contributed by atoms with E-state index in [1.54, 1.807) is 6.92 Å². The number of hydrogen-bond donors (Lipinski definition) is 1. The number of carbonyl (C=O) groups excluding carboxylic acids is 1. The van der Waals surface area contributed by atoms with E-state index in [1.807, 2.05) is 68.8 Å². The molecule has 32 heavy (non-hydrogen) atoms. The Hall–Kier alpha value is -3.67. The maximum Gasteiger partial charge on any atom is 0.265 e. The first-order chi connectivity index (χ1) is 15.4. The molecule has 6 nitrogen and oxygen atoms in total. The fourth-order valence-corrected chi connectivity index (χ4v) is 3.98. The normalized spacial score (nSPS) is 12.0. The van der Waals surface area contributed by atoms with E-state index in [0.717, 1.165) is 44.7 Å². The van der Waals surface area contributed by atoms with Crippen LogP contribution in [0.25, 0.3) is 22.2 Å². The van der Waals surface area contributed by atoms with Crippen molar-refractivity contribution < 1.29 is 9.53 Å². The van der Waals surface area contributed by atoms with Gasteiger partial charge in [-0.05, 0) is 69.0 Å². The van der Waals surface area contributed by atoms with Crippen molar-refractivity contribution in [1.82, 2.24) is 14.8 Å². The Kier molecular flexibility index (Phi) is 5.95. The predicted molar refractivity (Wildman–Crippen MR) is 128 cm³/mol. The third kappa shape index (κ3) is 4.35. The van der Waals surface area contributed by atoms with Crippen molar-refractivity contribution in [2.45, 2.75) is 47.3 Å². The summed E-state index contributed by atoms with van der Waals surface area (Å²) in [5.41, 5.74) is 6.66. The van der Waals surface area contributed by atoms with Crippen LogP contribution in [-0.2, 0) is 11.3 Å². The van der Waals surface area contributed by atoms with Crippen LogP contribution in [0.4, 0.5) is 5.69 Å². The molecule has 0 spiro atoms. The van der Waals surface area contributed by atoms with Gasteiger partial charge in [-0.25, -0.2) is 4.68 Å². The van der Waals surface area contributed by atoms with Crippen molar-refractivity contribution in [3.8, 4) is 17.0 Å². The summed E-state index contributed by atoms with van der Waals surface area (Å²) in [6, 6.07) is 17.9. The Morgan fingerprint density at radius 1 is 1.06 bits per heavy atom. The zero-order valence-electron chi connectivity index (χ0n) is 19.1. The maximum absolute atomic E-state index is 12.8. The molecule has 4 aromatic rings. The van der Waals surface area contributed by atoms with Crippen LogP contribution in [0.5, 0.6) is 5.88 Å². The van der Waals surface area contributed by atoms with Crippen LogP contribution < -0.4 is 10.1 Å². The highest BCUT2D eigenvalue weighted by atomic mass is 16.5. The number of nitrogens with zero attached hydrogens (tertiary/aromatic N) is 3. The molecule has 0 fully saturated rings. The number of aryl methyl sites for hydroxylation is 4. The summed E-state index contributed by atoms with van der Waals surface area (Å²) in [5.74, 6) is 0.173. The summed E-state index contributed by atoms with van der Waals surface area (Å²) in [4.78, 5) is 17.5. The monoisotopic (exact) mass is 428 g/mol. The standard InChI is InChI=1S/C26H28N4O2/c1-6-30-25-24(18(4)29-30)22(20-10-8-7-9-11-20)15-23(28-25)32-19(5)26(31)27-21-13-16(2)12-17(3)14-21/h7-15,19H,6H2,1-5H3,(H,27,31)/t19-/m0/s1. The molecule has 1 atom stereocenters. The number of ether oxygens (including phenoxy) is 1. The van der Waals surface area contributed by atoms with Gasteiger partial charge in [-0.2, -0.15) is 10.1 Å². The maximum atomic E-state index is 12.8. The summed E-state index contributed by atoms with van der Waals surface area (Å²) in [7, 11) is 0. The quantitative estimate of drug-likeness (QED) is 0.443. The summed E-state index contributed by atoms with van der Waals surface area (Å²) < 4.78 is 7.89. The number of nitrogens with one attached hydrogen (secondary N) is 1. The fourth-order valence-electron chi connectivity index (χ4n) is 3.98. The number of anilines is 1. The molecule has 0 radical (unpaired) electrons. The van der Waals surface area contributed by atoms with Crippen LogP contribution in [0.15, 0.2) is 54.6 Å². The summed E-state index contributed by atoms with van der Waals surface area (Å²) in [6.45, 7) is 10.5. The largest absolute Gasteiger partial charge is 0.464 e. The molecule has 2 aromatic carbocycles. The van der Waals surface area contributed by atoms with Gasteiger partial charge in [0.2, 0.25) is 5.88 Å². The molecule has 2 aromatic heterocycles. The molecule has 4 rings (SSSR count). The molecule has 1 amide bonds. The molecule has 0 aliphatic heterocycles. The average molecular weight is 429 g/mol. The second kappa shape index (κ2) is 8.83. The number of hydrogen-bond acceptors (Lipinski definition) is 4. The Morgan fingerprint density at radius 3 is 2.41 bits per heavy atom. The highest BCUT2D eigenvalue weighted by molar-refractivity contribution is 5.96. The van der Waals surface area contributed by atoms with Gasteiger partial charge in [0.15, 0.2) is 11.8 Å². The Morgan fingerprint density at radius 2 is 1.75 bits per heavy atom. The van der Waals surface area contributed by atoms with Gasteiger partial charge in [-0.15, -0.1) is 0 Å². The van der Waals surface area contributed by atoms with Gasteiger partial charge in [0.1, 0.15) is 0 Å². The topological polar surface area (TPSA) is 69.0 Å². The summed E-state index contributed by atoms with van der Waals surface area (Å²) in [5, 5.41) is 8.58. The van der Waals surface area contributed by atoms with Crippen LogP contribution in [0, 0.1) is 20.8 Å². The first kappa shape index (κ1) is 21.6. The first-order valence-electron chi connectivity index (χ1n) is 10.8. The van der Waals surface area contributed by atoms with Gasteiger partial charge in [0.05, 0.1) is 11.1 Å². The Bertz CT molecular complexity index is 1260. The molecule has 6 heteroatoms. The van der Waals surface area contributed by atoms with Crippen molar-refractivity contribution >= 4 is 22.6 Å². The van der Waals surface area contributed by atoms with Gasteiger partial charge < -0.3 is 10.1 Å². The first-order valence-corrected chi connectivity index (χ1v) is 10.8. The highest BCUT2D eigenvalue weighted by Gasteiger charge is 2.20. The Labute approximate surface area is 188 Å². The van der Waals surface area contributed by atoms with E-state index >= 15 is 0 Å². The number of benzene rings is 2. The van der Waals surface area contributed by atoms with E-state index in [2.05, 4.69) is 28.6 Å². The van der Waals surface area contributed by atoms with Crippen molar-refractivity contribution in [1.29, 1.82) is 0 Å². The van der Waals surface area contributed by atoms with Crippen molar-refractivity contribution in [2.75, 3.05) is 5.32 Å². The molecule has 0 unspecified atom stereocenters. The number of aromatic nitrogens is 3. The molecule has 1 N–H and O–H groups in total. The second-order valence-electron chi connectivity index (χ2n) is 8.10. The van der Waals surface area contributed by atoms with E-state index in [-0.39, 0.29) is 5.91 Å². The lowest BCUT2D eigenvalue weighted by atomic mass is 10.0. The third-order valence-corrected chi connectivity index (χ3v) is 5.39. The minimum atomic E-state index is -0.719. The SMILES string of the molecule is CCn1nc(C)c2c(-c3ccccc3)cc(O[C@@H](C)C(=O)Nc3cc(C)cc(C)c3)nc21. The van der Waals surface area contributed by atoms with E-state index in [4.69, 9.17) is 9.72 Å². The van der Waals surface area contributed by atoms with Gasteiger partial charge in [-0.3, -0.25) is 4.79 Å². The molecule has 0 aliphatic carbocycles. The summed E-state index contributed by atoms with van der Waals surface area (Å²) in [6.07, 6.45) is -0.719. The fraction of sp³-hybridized carbons (Fsp3) is 0.269. The lowest BCUT2D eigenvalue weighted by molar-refractivity contribution is -0.122. The van der Waals surface area contributed by atoms with Crippen molar-refractivity contribution in [3.63, 3.8) is 0 Å². The van der Waals surface area contributed by atoms with E-state index in [0.29, 0.717) is 12.4 Å². The molecule has 0 bridgehead atoms. The zero-order chi connectivity index (χ0) is 22.8. The van der Waals surface area contributed by atoms with E-state index in [1.165, 1.54) is 0 Å². The van der Waals surface area contributed by atoms with Crippen LogP contribution >= 0.6 is 0 Å². The second-order valence-corrected chi connectivity index (χ2v) is 8.10. The smallest absolute Gasteiger partial charge is 0.265 e. The molecule has 0 saturated heterocycles. The Balaban J connectivity index is 1.67. The number of rotatable bonds is 6. The lowest BCUT2D eigenvalue weighted by Gasteiger charge is -2.16. The molecule has 0 saturated carbocycles. The average Bonchev–Trinajstić information content (AvgIpc) is 3.08. The molecular formula is C26H28N4O2. The van der Waals surface area contributed by atoms with Gasteiger partial charge in [0.25, 0.3) is 5.91 Å². The lowest BCUT2D eigenvalue weighted by Crippen LogP contribution is -2.30. The van der Waals surface area contributed by atoms with Gasteiger partial charge >= 0.3 is 0 Å². The van der Waals surface area contributed by atoms with Crippen LogP contribution in [-0.4, -0.2) is 26.8 Å². The van der Waals surface area contributed by atoms with Crippen molar-refractivity contribution in [2.24, 2.45) is 0 Å². The van der Waals surface area contributed by atoms with Crippen molar-refractivity contribution in [3.05, 3.63) is 71.4 Å². The number of amides is 1. The molecule has 2 heterocycles. The van der Waals surface area contributed by atoms with Crippen LogP contribution in [0.2, 0.25) is 0 Å². The third-order valence-electron chi connectivity index (χ3n) is 5.39. The minimum absolute atomic E-state index is 0.224. The van der Waals surface area contributed by atoms with Crippen LogP contribution in [0.1, 0.15) is 30.7 Å². The van der Waals surface area contributed by atoms with Gasteiger partial charge in [0, 0.05) is 18.3 Å². The summed E-state index contributed by atoms with van der Waals surface area (Å²) >= 11 is 0. The zero-order valence-corrected chi connectivity index (χ0v) is 19.1. The predicted octanol–water partition coefficient (Wildman–Crippen LogP) is 5.45. The number of pyridine rings is 1. The van der Waals surface area contributed by atoms with Crippen LogP contribution in [0.3, 0.4) is 0 Å². The van der Waals surface area contributed by atoms with Gasteiger partial charge in [-0.1, -0.05) is 36.4 Å². The number of fused-ring (bicyclic) bond motifs is 1. The highest BCUT2D eigenvalue weighted by Crippen LogP contribution is 2.33. The minimum Gasteiger partial charge on any atom is -0.464 e. The molecular weight excluding hydrogens is 400 g/mol. The molecule has 0 aliphatic rings. The molecule has 164 valence electrons. The van der Waals surface area contributed by atoms with E-state index < -0.39 is 6.10 Å². The number of carbonyl (C=O) groups is 1. The van der Waals surface area contributed by atoms with E-state index in [9.17, 15) is 4.79 Å².